The molecule has 2 heterocycles. The van der Waals surface area contributed by atoms with Crippen molar-refractivity contribution in [2.75, 3.05) is 6.54 Å². The molecular weight excluding hydrogens is 272 g/mol. The fourth-order valence-electron chi connectivity index (χ4n) is 2.32. The lowest BCUT2D eigenvalue weighted by atomic mass is 10.0. The third kappa shape index (κ3) is 2.79. The van der Waals surface area contributed by atoms with Crippen molar-refractivity contribution in [3.63, 3.8) is 0 Å². The summed E-state index contributed by atoms with van der Waals surface area (Å²) in [5.41, 5.74) is 1.95. The number of benzene rings is 1. The largest absolute Gasteiger partial charge is 0.487 e. The lowest BCUT2D eigenvalue weighted by Crippen LogP contribution is -2.51. The summed E-state index contributed by atoms with van der Waals surface area (Å²) in [6.45, 7) is 3.15. The highest BCUT2D eigenvalue weighted by Crippen LogP contribution is 2.30. The summed E-state index contributed by atoms with van der Waals surface area (Å²) in [4.78, 5) is 4.23. The van der Waals surface area contributed by atoms with E-state index in [9.17, 15) is 0 Å². The second-order valence-corrected chi connectivity index (χ2v) is 5.41. The minimum atomic E-state index is 0.135. The standard InChI is InChI=1S/C16H17ClN2O/c1-11(15-7-8-18-15)20-13-9-14(16(17)19-10-13)12-5-3-2-4-6-12/h2-6,9-11,15,18H,7-8H2,1H3/t11?,15-/m0/s1. The Bertz CT molecular complexity index is 584. The molecule has 4 heteroatoms. The Kier molecular flexibility index (Phi) is 3.90. The van der Waals surface area contributed by atoms with Crippen LogP contribution in [0.25, 0.3) is 11.1 Å². The lowest BCUT2D eigenvalue weighted by molar-refractivity contribution is 0.133. The molecule has 104 valence electrons. The fourth-order valence-corrected chi connectivity index (χ4v) is 2.53. The Morgan fingerprint density at radius 1 is 1.35 bits per heavy atom. The van der Waals surface area contributed by atoms with Crippen LogP contribution in [0.1, 0.15) is 13.3 Å². The summed E-state index contributed by atoms with van der Waals surface area (Å²) in [5, 5.41) is 3.85. The molecule has 0 amide bonds. The van der Waals surface area contributed by atoms with Crippen LogP contribution < -0.4 is 10.1 Å². The second kappa shape index (κ2) is 5.81. The highest BCUT2D eigenvalue weighted by atomic mass is 35.5. The van der Waals surface area contributed by atoms with Gasteiger partial charge in [-0.05, 0) is 31.5 Å². The molecule has 0 saturated carbocycles. The van der Waals surface area contributed by atoms with Gasteiger partial charge in [0, 0.05) is 11.6 Å². The molecule has 1 saturated heterocycles. The van der Waals surface area contributed by atoms with Crippen molar-refractivity contribution >= 4 is 11.6 Å². The number of nitrogens with one attached hydrogen (secondary N) is 1. The van der Waals surface area contributed by atoms with E-state index >= 15 is 0 Å². The van der Waals surface area contributed by atoms with E-state index in [4.69, 9.17) is 16.3 Å². The molecule has 0 bridgehead atoms. The Hall–Kier alpha value is -1.58. The van der Waals surface area contributed by atoms with Crippen molar-refractivity contribution in [2.45, 2.75) is 25.5 Å². The van der Waals surface area contributed by atoms with Gasteiger partial charge in [0.05, 0.1) is 6.20 Å². The molecule has 1 N–H and O–H groups in total. The smallest absolute Gasteiger partial charge is 0.138 e. The molecule has 3 rings (SSSR count). The summed E-state index contributed by atoms with van der Waals surface area (Å²) in [6, 6.07) is 12.4. The first-order valence-electron chi connectivity index (χ1n) is 6.85. The molecule has 1 aromatic carbocycles. The van der Waals surface area contributed by atoms with E-state index < -0.39 is 0 Å². The van der Waals surface area contributed by atoms with Crippen LogP contribution in [0.5, 0.6) is 5.75 Å². The summed E-state index contributed by atoms with van der Waals surface area (Å²) in [7, 11) is 0. The number of hydrogen-bond donors (Lipinski definition) is 1. The number of halogens is 1. The van der Waals surface area contributed by atoms with E-state index in [1.54, 1.807) is 6.20 Å². The molecule has 2 aromatic rings. The summed E-state index contributed by atoms with van der Waals surface area (Å²) in [5.74, 6) is 0.759. The van der Waals surface area contributed by atoms with Crippen LogP contribution in [-0.4, -0.2) is 23.7 Å². The van der Waals surface area contributed by atoms with Gasteiger partial charge < -0.3 is 10.1 Å². The van der Waals surface area contributed by atoms with E-state index in [0.717, 1.165) is 29.8 Å². The molecule has 1 unspecified atom stereocenters. The van der Waals surface area contributed by atoms with E-state index in [1.165, 1.54) is 0 Å². The summed E-state index contributed by atoms with van der Waals surface area (Å²) < 4.78 is 5.95. The first-order valence-corrected chi connectivity index (χ1v) is 7.23. The predicted molar refractivity (Wildman–Crippen MR) is 81.2 cm³/mol. The highest BCUT2D eigenvalue weighted by Gasteiger charge is 2.24. The topological polar surface area (TPSA) is 34.1 Å². The van der Waals surface area contributed by atoms with E-state index in [1.807, 2.05) is 36.4 Å². The average molecular weight is 289 g/mol. The zero-order chi connectivity index (χ0) is 13.9. The number of rotatable bonds is 4. The Morgan fingerprint density at radius 3 is 2.75 bits per heavy atom. The molecule has 1 aliphatic heterocycles. The van der Waals surface area contributed by atoms with Gasteiger partial charge in [0.2, 0.25) is 0 Å². The van der Waals surface area contributed by atoms with Gasteiger partial charge in [-0.15, -0.1) is 0 Å². The van der Waals surface area contributed by atoms with Crippen molar-refractivity contribution in [2.24, 2.45) is 0 Å². The predicted octanol–water partition coefficient (Wildman–Crippen LogP) is 3.53. The van der Waals surface area contributed by atoms with Crippen molar-refractivity contribution in [1.82, 2.24) is 10.3 Å². The number of ether oxygens (including phenoxy) is 1. The van der Waals surface area contributed by atoms with Crippen molar-refractivity contribution < 1.29 is 4.74 Å². The molecule has 1 aromatic heterocycles. The van der Waals surface area contributed by atoms with Crippen LogP contribution in [0, 0.1) is 0 Å². The second-order valence-electron chi connectivity index (χ2n) is 5.05. The van der Waals surface area contributed by atoms with Gasteiger partial charge in [0.15, 0.2) is 0 Å². The van der Waals surface area contributed by atoms with Crippen LogP contribution >= 0.6 is 11.6 Å². The van der Waals surface area contributed by atoms with E-state index in [2.05, 4.69) is 17.2 Å². The summed E-state index contributed by atoms with van der Waals surface area (Å²) >= 11 is 6.19. The van der Waals surface area contributed by atoms with Gasteiger partial charge >= 0.3 is 0 Å². The van der Waals surface area contributed by atoms with Crippen LogP contribution in [-0.2, 0) is 0 Å². The summed E-state index contributed by atoms with van der Waals surface area (Å²) in [6.07, 6.45) is 2.98. The van der Waals surface area contributed by atoms with Gasteiger partial charge in [-0.25, -0.2) is 4.98 Å². The zero-order valence-corrected chi connectivity index (χ0v) is 12.1. The first-order chi connectivity index (χ1) is 9.74. The Morgan fingerprint density at radius 2 is 2.10 bits per heavy atom. The maximum atomic E-state index is 6.19. The number of pyridine rings is 1. The maximum absolute atomic E-state index is 6.19. The minimum Gasteiger partial charge on any atom is -0.487 e. The number of nitrogens with zero attached hydrogens (tertiary/aromatic N) is 1. The molecule has 20 heavy (non-hydrogen) atoms. The SMILES string of the molecule is CC(Oc1cnc(Cl)c(-c2ccccc2)c1)[C@@H]1CCN1. The lowest BCUT2D eigenvalue weighted by Gasteiger charge is -2.33. The third-order valence-electron chi connectivity index (χ3n) is 3.65. The minimum absolute atomic E-state index is 0.135. The van der Waals surface area contributed by atoms with Gasteiger partial charge in [0.25, 0.3) is 0 Å². The van der Waals surface area contributed by atoms with E-state index in [-0.39, 0.29) is 6.10 Å². The molecule has 0 spiro atoms. The first kappa shape index (κ1) is 13.4. The van der Waals surface area contributed by atoms with Crippen molar-refractivity contribution in [3.05, 3.63) is 47.7 Å². The van der Waals surface area contributed by atoms with Gasteiger partial charge in [-0.3, -0.25) is 0 Å². The molecule has 3 nitrogen and oxygen atoms in total. The van der Waals surface area contributed by atoms with Gasteiger partial charge in [0.1, 0.15) is 17.0 Å². The van der Waals surface area contributed by atoms with Crippen LogP contribution in [0.2, 0.25) is 5.15 Å². The monoisotopic (exact) mass is 288 g/mol. The molecular formula is C16H17ClN2O. The Labute approximate surface area is 123 Å². The number of aromatic nitrogens is 1. The van der Waals surface area contributed by atoms with Crippen LogP contribution in [0.3, 0.4) is 0 Å². The zero-order valence-electron chi connectivity index (χ0n) is 11.3. The fraction of sp³-hybridized carbons (Fsp3) is 0.312. The maximum Gasteiger partial charge on any atom is 0.138 e. The highest BCUT2D eigenvalue weighted by molar-refractivity contribution is 6.32. The molecule has 1 fully saturated rings. The third-order valence-corrected chi connectivity index (χ3v) is 3.95. The molecule has 1 aliphatic rings. The van der Waals surface area contributed by atoms with E-state index in [0.29, 0.717) is 11.2 Å². The van der Waals surface area contributed by atoms with Crippen molar-refractivity contribution in [1.29, 1.82) is 0 Å². The molecule has 0 radical (unpaired) electrons. The number of hydrogen-bond acceptors (Lipinski definition) is 3. The molecule has 2 atom stereocenters. The van der Waals surface area contributed by atoms with Gasteiger partial charge in [-0.2, -0.15) is 0 Å². The van der Waals surface area contributed by atoms with Crippen LogP contribution in [0.4, 0.5) is 0 Å². The Balaban J connectivity index is 1.83. The quantitative estimate of drug-likeness (QED) is 0.874. The average Bonchev–Trinajstić information content (AvgIpc) is 2.40. The van der Waals surface area contributed by atoms with Crippen molar-refractivity contribution in [3.8, 4) is 16.9 Å². The van der Waals surface area contributed by atoms with Gasteiger partial charge in [-0.1, -0.05) is 41.9 Å². The van der Waals surface area contributed by atoms with Crippen LogP contribution in [0.15, 0.2) is 42.6 Å². The normalized spacial score (nSPS) is 19.2. The molecule has 0 aliphatic carbocycles.